The Bertz CT molecular complexity index is 175. The highest BCUT2D eigenvalue weighted by molar-refractivity contribution is 7.59. The van der Waals surface area contributed by atoms with Gasteiger partial charge in [-0.15, -0.1) is 0 Å². The van der Waals surface area contributed by atoms with Crippen LogP contribution in [0.5, 0.6) is 0 Å². The van der Waals surface area contributed by atoms with Crippen molar-refractivity contribution in [1.29, 1.82) is 0 Å². The van der Waals surface area contributed by atoms with Crippen molar-refractivity contribution in [3.8, 4) is 0 Å². The number of hydrogen-bond donors (Lipinski definition) is 0. The summed E-state index contributed by atoms with van der Waals surface area (Å²) in [7, 11) is 0. The first-order valence-electron chi connectivity index (χ1n) is 3.95. The minimum atomic E-state index is 0. The summed E-state index contributed by atoms with van der Waals surface area (Å²) < 4.78 is 0. The lowest BCUT2D eigenvalue weighted by Crippen LogP contribution is -1.79. The molecule has 1 aliphatic carbocycles. The molecule has 0 bridgehead atoms. The summed E-state index contributed by atoms with van der Waals surface area (Å²) in [4.78, 5) is 0. The van der Waals surface area contributed by atoms with Crippen LogP contribution in [0, 0.1) is 0 Å². The van der Waals surface area contributed by atoms with E-state index in [2.05, 4.69) is 37.3 Å². The van der Waals surface area contributed by atoms with Crippen LogP contribution in [0.3, 0.4) is 0 Å². The molecular formula is C10H16S. The molecule has 11 heavy (non-hydrogen) atoms. The fourth-order valence-corrected chi connectivity index (χ4v) is 1.01. The second-order valence-corrected chi connectivity index (χ2v) is 2.56. The SMILES string of the molecule is CCC/C=C1/C=CC=CC1.S. The molecule has 0 saturated carbocycles. The fraction of sp³-hybridized carbons (Fsp3) is 0.400. The van der Waals surface area contributed by atoms with E-state index in [9.17, 15) is 0 Å². The highest BCUT2D eigenvalue weighted by atomic mass is 32.1. The van der Waals surface area contributed by atoms with Gasteiger partial charge in [-0.1, -0.05) is 43.7 Å². The molecule has 1 aliphatic rings. The highest BCUT2D eigenvalue weighted by Gasteiger charge is 1.90. The van der Waals surface area contributed by atoms with Crippen LogP contribution in [0.15, 0.2) is 36.0 Å². The third-order valence-corrected chi connectivity index (χ3v) is 1.61. The Hall–Kier alpha value is -0.430. The van der Waals surface area contributed by atoms with Crippen molar-refractivity contribution in [3.63, 3.8) is 0 Å². The third-order valence-electron chi connectivity index (χ3n) is 1.61. The van der Waals surface area contributed by atoms with E-state index in [-0.39, 0.29) is 13.5 Å². The van der Waals surface area contributed by atoms with Crippen LogP contribution in [-0.4, -0.2) is 0 Å². The van der Waals surface area contributed by atoms with E-state index in [1.54, 1.807) is 0 Å². The molecule has 1 rings (SSSR count). The Kier molecular flexibility index (Phi) is 6.05. The molecule has 0 saturated heterocycles. The predicted molar refractivity (Wildman–Crippen MR) is 56.3 cm³/mol. The van der Waals surface area contributed by atoms with Gasteiger partial charge in [0.2, 0.25) is 0 Å². The molecule has 0 aliphatic heterocycles. The van der Waals surface area contributed by atoms with Gasteiger partial charge in [0, 0.05) is 0 Å². The first-order valence-corrected chi connectivity index (χ1v) is 3.95. The van der Waals surface area contributed by atoms with Crippen LogP contribution >= 0.6 is 13.5 Å². The lowest BCUT2D eigenvalue weighted by molar-refractivity contribution is 0.947. The molecule has 0 aromatic heterocycles. The molecule has 0 heterocycles. The van der Waals surface area contributed by atoms with E-state index < -0.39 is 0 Å². The Balaban J connectivity index is 0.000001000. The maximum absolute atomic E-state index is 2.32. The van der Waals surface area contributed by atoms with Gasteiger partial charge in [-0.25, -0.2) is 0 Å². The van der Waals surface area contributed by atoms with Crippen molar-refractivity contribution in [2.45, 2.75) is 26.2 Å². The molecule has 62 valence electrons. The van der Waals surface area contributed by atoms with Crippen LogP contribution in [0.25, 0.3) is 0 Å². The largest absolute Gasteiger partial charge is 0.197 e. The standard InChI is InChI=1S/C10H14.H2S/c1-2-3-7-10-8-5-4-6-9-10;/h4-8H,2-3,9H2,1H3;1H2/b10-7-;. The van der Waals surface area contributed by atoms with Crippen molar-refractivity contribution < 1.29 is 0 Å². The van der Waals surface area contributed by atoms with Gasteiger partial charge in [-0.05, 0) is 18.4 Å². The molecule has 1 heteroatoms. The van der Waals surface area contributed by atoms with Gasteiger partial charge >= 0.3 is 0 Å². The van der Waals surface area contributed by atoms with Crippen molar-refractivity contribution in [2.24, 2.45) is 0 Å². The van der Waals surface area contributed by atoms with E-state index in [1.165, 1.54) is 18.4 Å². The zero-order valence-electron chi connectivity index (χ0n) is 7.01. The van der Waals surface area contributed by atoms with Crippen molar-refractivity contribution in [2.75, 3.05) is 0 Å². The summed E-state index contributed by atoms with van der Waals surface area (Å²) in [5, 5.41) is 0. The average Bonchev–Trinajstić information content (AvgIpc) is 2.03. The summed E-state index contributed by atoms with van der Waals surface area (Å²) in [6.45, 7) is 2.21. The van der Waals surface area contributed by atoms with Gasteiger partial charge < -0.3 is 0 Å². The number of allylic oxidation sites excluding steroid dienone is 6. The van der Waals surface area contributed by atoms with Crippen LogP contribution in [0.1, 0.15) is 26.2 Å². The molecule has 0 spiro atoms. The Morgan fingerprint density at radius 2 is 2.27 bits per heavy atom. The molecule has 0 aromatic carbocycles. The minimum absolute atomic E-state index is 0. The average molecular weight is 168 g/mol. The van der Waals surface area contributed by atoms with Gasteiger partial charge in [0.25, 0.3) is 0 Å². The second kappa shape index (κ2) is 6.29. The monoisotopic (exact) mass is 168 g/mol. The Morgan fingerprint density at radius 1 is 1.45 bits per heavy atom. The van der Waals surface area contributed by atoms with Gasteiger partial charge in [0.1, 0.15) is 0 Å². The minimum Gasteiger partial charge on any atom is -0.197 e. The molecule has 0 atom stereocenters. The molecule has 0 unspecified atom stereocenters. The second-order valence-electron chi connectivity index (χ2n) is 2.56. The molecule has 0 radical (unpaired) electrons. The van der Waals surface area contributed by atoms with E-state index in [0.29, 0.717) is 0 Å². The number of unbranched alkanes of at least 4 members (excludes halogenated alkanes) is 1. The van der Waals surface area contributed by atoms with Crippen LogP contribution in [0.4, 0.5) is 0 Å². The molecule has 0 N–H and O–H groups in total. The first-order chi connectivity index (χ1) is 4.93. The summed E-state index contributed by atoms with van der Waals surface area (Å²) in [6.07, 6.45) is 14.5. The highest BCUT2D eigenvalue weighted by Crippen LogP contribution is 2.10. The quantitative estimate of drug-likeness (QED) is 0.593. The topological polar surface area (TPSA) is 0 Å². The molecule has 0 amide bonds. The summed E-state index contributed by atoms with van der Waals surface area (Å²) in [6, 6.07) is 0. The number of hydrogen-bond acceptors (Lipinski definition) is 0. The molecule has 0 aromatic rings. The summed E-state index contributed by atoms with van der Waals surface area (Å²) in [5.74, 6) is 0. The van der Waals surface area contributed by atoms with Crippen molar-refractivity contribution >= 4 is 13.5 Å². The van der Waals surface area contributed by atoms with Crippen molar-refractivity contribution in [3.05, 3.63) is 36.0 Å². The smallest absolute Gasteiger partial charge is 0.00975 e. The number of rotatable bonds is 2. The van der Waals surface area contributed by atoms with Gasteiger partial charge in [-0.2, -0.15) is 13.5 Å². The lowest BCUT2D eigenvalue weighted by Gasteiger charge is -2.00. The predicted octanol–water partition coefficient (Wildman–Crippen LogP) is 3.34. The van der Waals surface area contributed by atoms with E-state index in [0.717, 1.165) is 6.42 Å². The van der Waals surface area contributed by atoms with E-state index >= 15 is 0 Å². The Labute approximate surface area is 76.1 Å². The maximum Gasteiger partial charge on any atom is -0.00975 e. The van der Waals surface area contributed by atoms with E-state index in [4.69, 9.17) is 0 Å². The van der Waals surface area contributed by atoms with Gasteiger partial charge in [-0.3, -0.25) is 0 Å². The Morgan fingerprint density at radius 3 is 2.82 bits per heavy atom. The first kappa shape index (κ1) is 10.6. The van der Waals surface area contributed by atoms with Crippen molar-refractivity contribution in [1.82, 2.24) is 0 Å². The third kappa shape index (κ3) is 4.10. The molecular weight excluding hydrogens is 152 g/mol. The fourth-order valence-electron chi connectivity index (χ4n) is 1.01. The normalized spacial score (nSPS) is 18.5. The van der Waals surface area contributed by atoms with Crippen LogP contribution in [-0.2, 0) is 0 Å². The molecule has 0 fully saturated rings. The zero-order valence-corrected chi connectivity index (χ0v) is 8.01. The van der Waals surface area contributed by atoms with E-state index in [1.807, 2.05) is 0 Å². The molecule has 0 nitrogen and oxygen atoms in total. The summed E-state index contributed by atoms with van der Waals surface area (Å²) in [5.41, 5.74) is 1.46. The van der Waals surface area contributed by atoms with Gasteiger partial charge in [0.15, 0.2) is 0 Å². The zero-order chi connectivity index (χ0) is 7.23. The lowest BCUT2D eigenvalue weighted by atomic mass is 10.1. The van der Waals surface area contributed by atoms with Gasteiger partial charge in [0.05, 0.1) is 0 Å². The summed E-state index contributed by atoms with van der Waals surface area (Å²) >= 11 is 0. The van der Waals surface area contributed by atoms with Crippen LogP contribution in [0.2, 0.25) is 0 Å². The van der Waals surface area contributed by atoms with Crippen LogP contribution < -0.4 is 0 Å². The maximum atomic E-state index is 2.32.